The van der Waals surface area contributed by atoms with Crippen molar-refractivity contribution < 1.29 is 28.7 Å². The fourth-order valence-electron chi connectivity index (χ4n) is 0.989. The van der Waals surface area contributed by atoms with Gasteiger partial charge in [0.25, 0.3) is 0 Å². The fraction of sp³-hybridized carbons (Fsp3) is 1.00. The average Bonchev–Trinajstić information content (AvgIpc) is 1.92. The summed E-state index contributed by atoms with van der Waals surface area (Å²) >= 11 is 0. The number of hydrogen-bond donors (Lipinski definition) is 4. The van der Waals surface area contributed by atoms with E-state index in [1.165, 1.54) is 0 Å². The standard InChI is InChI=1S/C6H16O6P2/c7-13(8,9)5-3-1-2-4-6-14(10,11)12/h1-6H2,(H2,7,8,9)(H2,10,11,12). The van der Waals surface area contributed by atoms with Crippen molar-refractivity contribution in [3.63, 3.8) is 0 Å². The highest BCUT2D eigenvalue weighted by Gasteiger charge is 2.13. The zero-order chi connectivity index (χ0) is 11.2. The van der Waals surface area contributed by atoms with Crippen molar-refractivity contribution in [3.05, 3.63) is 0 Å². The highest BCUT2D eigenvalue weighted by molar-refractivity contribution is 7.52. The van der Waals surface area contributed by atoms with Crippen LogP contribution in [0, 0.1) is 0 Å². The monoisotopic (exact) mass is 246 g/mol. The molecule has 0 fully saturated rings. The quantitative estimate of drug-likeness (QED) is 0.392. The molecule has 0 aromatic carbocycles. The van der Waals surface area contributed by atoms with Gasteiger partial charge in [0, 0.05) is 12.3 Å². The molecule has 8 heteroatoms. The third-order valence-electron chi connectivity index (χ3n) is 1.65. The van der Waals surface area contributed by atoms with Crippen LogP contribution in [0.1, 0.15) is 25.7 Å². The molecular weight excluding hydrogens is 230 g/mol. The topological polar surface area (TPSA) is 115 Å². The summed E-state index contributed by atoms with van der Waals surface area (Å²) in [6.07, 6.45) is 1.67. The lowest BCUT2D eigenvalue weighted by molar-refractivity contribution is 0.366. The molecule has 0 aromatic rings. The Kier molecular flexibility index (Phi) is 6.14. The van der Waals surface area contributed by atoms with Gasteiger partial charge in [-0.1, -0.05) is 12.8 Å². The molecule has 0 aromatic heterocycles. The van der Waals surface area contributed by atoms with E-state index >= 15 is 0 Å². The Hall–Kier alpha value is 0.300. The molecule has 14 heavy (non-hydrogen) atoms. The second-order valence-corrected chi connectivity index (χ2v) is 6.74. The molecule has 0 aliphatic carbocycles. The predicted octanol–water partition coefficient (Wildman–Crippen LogP) is 0.902. The van der Waals surface area contributed by atoms with Crippen LogP contribution in [0.15, 0.2) is 0 Å². The Balaban J connectivity index is 3.32. The van der Waals surface area contributed by atoms with Crippen LogP contribution >= 0.6 is 15.2 Å². The first kappa shape index (κ1) is 14.3. The summed E-state index contributed by atoms with van der Waals surface area (Å²) in [5, 5.41) is 0. The molecule has 4 N–H and O–H groups in total. The largest absolute Gasteiger partial charge is 0.325 e. The van der Waals surface area contributed by atoms with Crippen molar-refractivity contribution in [2.75, 3.05) is 12.3 Å². The maximum atomic E-state index is 10.4. The molecule has 0 atom stereocenters. The molecule has 0 radical (unpaired) electrons. The molecule has 0 unspecified atom stereocenters. The van der Waals surface area contributed by atoms with E-state index in [9.17, 15) is 9.13 Å². The molecule has 0 saturated carbocycles. The third kappa shape index (κ3) is 12.3. The third-order valence-corrected chi connectivity index (χ3v) is 3.45. The maximum absolute atomic E-state index is 10.4. The van der Waals surface area contributed by atoms with Gasteiger partial charge in [0.15, 0.2) is 0 Å². The Morgan fingerprint density at radius 2 is 0.929 bits per heavy atom. The summed E-state index contributed by atoms with van der Waals surface area (Å²) in [6, 6.07) is 0. The van der Waals surface area contributed by atoms with E-state index in [-0.39, 0.29) is 12.3 Å². The lowest BCUT2D eigenvalue weighted by Crippen LogP contribution is -1.91. The van der Waals surface area contributed by atoms with Gasteiger partial charge in [-0.2, -0.15) is 0 Å². The molecule has 0 saturated heterocycles. The Morgan fingerprint density at radius 3 is 1.14 bits per heavy atom. The van der Waals surface area contributed by atoms with Gasteiger partial charge in [-0.25, -0.2) is 0 Å². The number of hydrogen-bond acceptors (Lipinski definition) is 2. The molecule has 0 bridgehead atoms. The zero-order valence-electron chi connectivity index (χ0n) is 7.74. The molecule has 0 heterocycles. The van der Waals surface area contributed by atoms with Crippen molar-refractivity contribution in [3.8, 4) is 0 Å². The molecule has 0 rings (SSSR count). The summed E-state index contributed by atoms with van der Waals surface area (Å²) < 4.78 is 20.8. The van der Waals surface area contributed by atoms with E-state index in [4.69, 9.17) is 19.6 Å². The van der Waals surface area contributed by atoms with E-state index in [0.29, 0.717) is 25.7 Å². The van der Waals surface area contributed by atoms with Crippen LogP contribution < -0.4 is 0 Å². The summed E-state index contributed by atoms with van der Waals surface area (Å²) in [5.41, 5.74) is 0. The SMILES string of the molecule is O=P(O)(O)CCCCCCP(=O)(O)O. The highest BCUT2D eigenvalue weighted by atomic mass is 31.2. The van der Waals surface area contributed by atoms with Crippen molar-refractivity contribution in [1.29, 1.82) is 0 Å². The van der Waals surface area contributed by atoms with Gasteiger partial charge in [0.05, 0.1) is 0 Å². The predicted molar refractivity (Wildman–Crippen MR) is 52.3 cm³/mol. The summed E-state index contributed by atoms with van der Waals surface area (Å²) in [4.78, 5) is 34.0. The van der Waals surface area contributed by atoms with Gasteiger partial charge < -0.3 is 19.6 Å². The first-order chi connectivity index (χ1) is 6.21. The van der Waals surface area contributed by atoms with Crippen molar-refractivity contribution in [2.24, 2.45) is 0 Å². The second-order valence-electron chi connectivity index (χ2n) is 3.19. The van der Waals surface area contributed by atoms with Crippen LogP contribution in [-0.2, 0) is 9.13 Å². The van der Waals surface area contributed by atoms with Crippen molar-refractivity contribution in [2.45, 2.75) is 25.7 Å². The van der Waals surface area contributed by atoms with Crippen LogP contribution in [-0.4, -0.2) is 31.9 Å². The normalized spacial score (nSPS) is 13.1. The second kappa shape index (κ2) is 6.01. The number of unbranched alkanes of at least 4 members (excludes halogenated alkanes) is 3. The van der Waals surface area contributed by atoms with Gasteiger partial charge in [0.2, 0.25) is 0 Å². The first-order valence-corrected chi connectivity index (χ1v) is 7.89. The molecule has 0 aliphatic rings. The Labute approximate surface area is 82.7 Å². The summed E-state index contributed by atoms with van der Waals surface area (Å²) in [6.45, 7) is 0. The fourth-order valence-corrected chi connectivity index (χ4v) is 2.26. The van der Waals surface area contributed by atoms with Crippen LogP contribution in [0.5, 0.6) is 0 Å². The molecule has 0 amide bonds. The Bertz CT molecular complexity index is 215. The van der Waals surface area contributed by atoms with Crippen LogP contribution in [0.25, 0.3) is 0 Å². The van der Waals surface area contributed by atoms with Crippen LogP contribution in [0.2, 0.25) is 0 Å². The Morgan fingerprint density at radius 1 is 0.643 bits per heavy atom. The average molecular weight is 246 g/mol. The van der Waals surface area contributed by atoms with Gasteiger partial charge in [-0.15, -0.1) is 0 Å². The zero-order valence-corrected chi connectivity index (χ0v) is 9.53. The molecule has 0 aliphatic heterocycles. The van der Waals surface area contributed by atoms with E-state index in [2.05, 4.69) is 0 Å². The van der Waals surface area contributed by atoms with E-state index in [1.54, 1.807) is 0 Å². The van der Waals surface area contributed by atoms with E-state index < -0.39 is 15.2 Å². The van der Waals surface area contributed by atoms with Gasteiger partial charge in [-0.05, 0) is 12.8 Å². The molecular formula is C6H16O6P2. The van der Waals surface area contributed by atoms with Crippen molar-refractivity contribution in [1.82, 2.24) is 0 Å². The van der Waals surface area contributed by atoms with Crippen molar-refractivity contribution >= 4 is 15.2 Å². The lowest BCUT2D eigenvalue weighted by atomic mass is 10.2. The van der Waals surface area contributed by atoms with Gasteiger partial charge in [0.1, 0.15) is 0 Å². The molecule has 0 spiro atoms. The van der Waals surface area contributed by atoms with E-state index in [1.807, 2.05) is 0 Å². The number of rotatable bonds is 7. The minimum atomic E-state index is -3.90. The van der Waals surface area contributed by atoms with Gasteiger partial charge >= 0.3 is 15.2 Å². The van der Waals surface area contributed by atoms with Gasteiger partial charge in [-0.3, -0.25) is 9.13 Å². The minimum Gasteiger partial charge on any atom is -0.324 e. The summed E-state index contributed by atoms with van der Waals surface area (Å²) in [5.74, 6) is 0. The molecule has 6 nitrogen and oxygen atoms in total. The smallest absolute Gasteiger partial charge is 0.324 e. The summed E-state index contributed by atoms with van der Waals surface area (Å²) in [7, 11) is -7.80. The minimum absolute atomic E-state index is 0.150. The first-order valence-electron chi connectivity index (χ1n) is 4.30. The lowest BCUT2D eigenvalue weighted by Gasteiger charge is -2.04. The van der Waals surface area contributed by atoms with Crippen LogP contribution in [0.3, 0.4) is 0 Å². The molecule has 86 valence electrons. The highest BCUT2D eigenvalue weighted by Crippen LogP contribution is 2.37. The van der Waals surface area contributed by atoms with Crippen LogP contribution in [0.4, 0.5) is 0 Å². The van der Waals surface area contributed by atoms with E-state index in [0.717, 1.165) is 0 Å². The maximum Gasteiger partial charge on any atom is 0.325 e.